The molecule has 0 saturated carbocycles. The minimum absolute atomic E-state index is 0. The molecule has 0 aromatic rings. The molecule has 1 heteroatoms. The van der Waals surface area contributed by atoms with Gasteiger partial charge >= 0.3 is 45.1 Å². The van der Waals surface area contributed by atoms with Gasteiger partial charge in [-0.05, 0) is 0 Å². The molecule has 0 amide bonds. The van der Waals surface area contributed by atoms with Gasteiger partial charge in [-0.25, -0.2) is 0 Å². The molecule has 0 spiro atoms. The maximum atomic E-state index is 2.30. The smallest absolute Gasteiger partial charge is 1.00 e. The van der Waals surface area contributed by atoms with E-state index in [0.29, 0.717) is 0 Å². The van der Waals surface area contributed by atoms with Crippen LogP contribution in [0.5, 0.6) is 0 Å². The third-order valence-corrected chi connectivity index (χ3v) is 3.87. The second-order valence-corrected chi connectivity index (χ2v) is 7.41. The monoisotopic (exact) mass is 174 g/mol. The Labute approximate surface area is 46.8 Å². The van der Waals surface area contributed by atoms with E-state index in [1.807, 2.05) is 0 Å². The molecule has 0 fully saturated rings. The minimum Gasteiger partial charge on any atom is -1.00 e. The molecule has 0 saturated heterocycles. The Balaban J connectivity index is 0. The third kappa shape index (κ3) is 4.87. The fraction of sp³-hybridized carbons (Fsp3) is 1.00. The normalized spacial score (nSPS) is 7.60. The van der Waals surface area contributed by atoms with E-state index in [0.717, 1.165) is 0 Å². The summed E-state index contributed by atoms with van der Waals surface area (Å²) in [7, 11) is 0. The Bertz CT molecular complexity index is 15.0. The molecule has 0 aliphatic carbocycles. The van der Waals surface area contributed by atoms with E-state index in [4.69, 9.17) is 0 Å². The molecule has 0 N–H and O–H groups in total. The molecule has 0 atom stereocenters. The van der Waals surface area contributed by atoms with Crippen molar-refractivity contribution in [2.24, 2.45) is 0 Å². The molecule has 0 unspecified atom stereocenters. The maximum Gasteiger partial charge on any atom is -1.00 e. The molecule has 0 aromatic carbocycles. The van der Waals surface area contributed by atoms with Gasteiger partial charge in [-0.3, -0.25) is 0 Å². The summed E-state index contributed by atoms with van der Waals surface area (Å²) in [6.07, 6.45) is 0. The van der Waals surface area contributed by atoms with Gasteiger partial charge in [0.25, 0.3) is 0 Å². The summed E-state index contributed by atoms with van der Waals surface area (Å²) in [6.45, 7) is 4.59. The Morgan fingerprint density at radius 1 is 1.40 bits per heavy atom. The molecule has 0 bridgehead atoms. The molecule has 0 aliphatic heterocycles. The first-order valence-electron chi connectivity index (χ1n) is 2.23. The van der Waals surface area contributed by atoms with Gasteiger partial charge in [0.1, 0.15) is 0 Å². The van der Waals surface area contributed by atoms with Crippen molar-refractivity contribution in [2.75, 3.05) is 0 Å². The van der Waals surface area contributed by atoms with Crippen LogP contribution in [0.2, 0.25) is 8.35 Å². The standard InChI is InChI=1S/2C2H5.In.H/c2*1-2;;/h2*1H2,2H3;;/q;;;-1. The van der Waals surface area contributed by atoms with Crippen molar-refractivity contribution in [1.29, 1.82) is 0 Å². The summed E-state index contributed by atoms with van der Waals surface area (Å²) in [6, 6.07) is 0. The molecule has 5 heavy (non-hydrogen) atoms. The van der Waals surface area contributed by atoms with Crippen LogP contribution in [0.4, 0.5) is 0 Å². The summed E-state index contributed by atoms with van der Waals surface area (Å²) in [5.41, 5.74) is 0. The molecular weight excluding hydrogens is 163 g/mol. The van der Waals surface area contributed by atoms with Gasteiger partial charge < -0.3 is 1.43 Å². The number of hydrogen-bond acceptors (Lipinski definition) is 0. The zero-order chi connectivity index (χ0) is 4.12. The summed E-state index contributed by atoms with van der Waals surface area (Å²) >= 11 is 0.0800. The van der Waals surface area contributed by atoms with Crippen molar-refractivity contribution in [3.05, 3.63) is 0 Å². The van der Waals surface area contributed by atoms with Crippen LogP contribution in [-0.4, -0.2) is 22.9 Å². The Morgan fingerprint density at radius 3 is 1.80 bits per heavy atom. The first-order valence-corrected chi connectivity index (χ1v) is 6.89. The van der Waals surface area contributed by atoms with Crippen molar-refractivity contribution < 1.29 is 1.43 Å². The molecule has 0 heterocycles. The Hall–Kier alpha value is 0.870. The van der Waals surface area contributed by atoms with Crippen LogP contribution in [-0.2, 0) is 0 Å². The van der Waals surface area contributed by atoms with Crippen LogP contribution < -0.4 is 0 Å². The molecule has 0 rings (SSSR count). The van der Waals surface area contributed by atoms with Gasteiger partial charge in [-0.1, -0.05) is 0 Å². The largest absolute Gasteiger partial charge is 1.00 e. The second kappa shape index (κ2) is 4.87. The van der Waals surface area contributed by atoms with Crippen LogP contribution in [0.3, 0.4) is 0 Å². The van der Waals surface area contributed by atoms with Crippen LogP contribution in [0, 0.1) is 0 Å². The third-order valence-electron chi connectivity index (χ3n) is 0.577. The van der Waals surface area contributed by atoms with E-state index in [-0.39, 0.29) is 24.3 Å². The SMILES string of the molecule is C[CH2][In][CH2]C.[H-]. The molecule has 0 nitrogen and oxygen atoms in total. The van der Waals surface area contributed by atoms with Crippen LogP contribution in [0.1, 0.15) is 15.3 Å². The average Bonchev–Trinajstić information content (AvgIpc) is 1.41. The zero-order valence-corrected chi connectivity index (χ0v) is 7.29. The molecule has 31 valence electrons. The maximum absolute atomic E-state index is 2.30. The fourth-order valence-corrected chi connectivity index (χ4v) is 1.94. The van der Waals surface area contributed by atoms with Gasteiger partial charge in [-0.2, -0.15) is 0 Å². The summed E-state index contributed by atoms with van der Waals surface area (Å²) in [5.74, 6) is 0. The van der Waals surface area contributed by atoms with E-state index in [1.165, 1.54) is 8.35 Å². The topological polar surface area (TPSA) is 0 Å². The van der Waals surface area contributed by atoms with Crippen LogP contribution in [0.25, 0.3) is 0 Å². The van der Waals surface area contributed by atoms with E-state index in [9.17, 15) is 0 Å². The van der Waals surface area contributed by atoms with Crippen molar-refractivity contribution in [3.8, 4) is 0 Å². The second-order valence-electron chi connectivity index (χ2n) is 1.11. The Kier molecular flexibility index (Phi) is 5.72. The van der Waals surface area contributed by atoms with E-state index in [2.05, 4.69) is 13.8 Å². The number of rotatable bonds is 2. The molecular formula is C4H11In-. The van der Waals surface area contributed by atoms with E-state index >= 15 is 0 Å². The van der Waals surface area contributed by atoms with Crippen molar-refractivity contribution in [3.63, 3.8) is 0 Å². The van der Waals surface area contributed by atoms with E-state index in [1.54, 1.807) is 0 Å². The van der Waals surface area contributed by atoms with Crippen LogP contribution >= 0.6 is 0 Å². The molecule has 0 aromatic heterocycles. The quantitative estimate of drug-likeness (QED) is 0.597. The van der Waals surface area contributed by atoms with Gasteiger partial charge in [0.05, 0.1) is 0 Å². The van der Waals surface area contributed by atoms with Gasteiger partial charge in [-0.15, -0.1) is 0 Å². The zero-order valence-electron chi connectivity index (χ0n) is 4.99. The molecule has 1 radical (unpaired) electrons. The van der Waals surface area contributed by atoms with Crippen molar-refractivity contribution in [1.82, 2.24) is 0 Å². The van der Waals surface area contributed by atoms with Gasteiger partial charge in [0.2, 0.25) is 0 Å². The minimum atomic E-state index is 0. The predicted octanol–water partition coefficient (Wildman–Crippen LogP) is 1.68. The Morgan fingerprint density at radius 2 is 1.80 bits per heavy atom. The molecule has 0 aliphatic rings. The summed E-state index contributed by atoms with van der Waals surface area (Å²) < 4.78 is 3.07. The van der Waals surface area contributed by atoms with Crippen LogP contribution in [0.15, 0.2) is 0 Å². The first-order chi connectivity index (χ1) is 2.41. The predicted molar refractivity (Wildman–Crippen MR) is 27.8 cm³/mol. The van der Waals surface area contributed by atoms with Gasteiger partial charge in [0, 0.05) is 0 Å². The van der Waals surface area contributed by atoms with Crippen molar-refractivity contribution >= 4 is 22.9 Å². The van der Waals surface area contributed by atoms with Crippen molar-refractivity contribution in [2.45, 2.75) is 22.2 Å². The average molecular weight is 174 g/mol. The number of hydrogen-bond donors (Lipinski definition) is 0. The fourth-order valence-electron chi connectivity index (χ4n) is 0.289. The first kappa shape index (κ1) is 5.87. The summed E-state index contributed by atoms with van der Waals surface area (Å²) in [5, 5.41) is 0. The van der Waals surface area contributed by atoms with Gasteiger partial charge in [0.15, 0.2) is 0 Å². The van der Waals surface area contributed by atoms with E-state index < -0.39 is 0 Å². The summed E-state index contributed by atoms with van der Waals surface area (Å²) in [4.78, 5) is 0.